The van der Waals surface area contributed by atoms with Crippen molar-refractivity contribution in [3.8, 4) is 0 Å². The minimum absolute atomic E-state index is 0.0892. The van der Waals surface area contributed by atoms with E-state index >= 15 is 0 Å². The summed E-state index contributed by atoms with van der Waals surface area (Å²) in [6, 6.07) is 9.85. The van der Waals surface area contributed by atoms with Gasteiger partial charge in [-0.15, -0.1) is 0 Å². The molecule has 92 valence electrons. The van der Waals surface area contributed by atoms with Crippen LogP contribution >= 0.6 is 0 Å². The van der Waals surface area contributed by atoms with Gasteiger partial charge in [0.2, 0.25) is 5.91 Å². The fourth-order valence-electron chi connectivity index (χ4n) is 2.34. The van der Waals surface area contributed by atoms with Crippen LogP contribution in [0.1, 0.15) is 24.8 Å². The molecular formula is C14H19NO2. The molecule has 0 aromatic heterocycles. The van der Waals surface area contributed by atoms with Gasteiger partial charge in [0, 0.05) is 25.6 Å². The largest absolute Gasteiger partial charge is 0.396 e. The zero-order valence-electron chi connectivity index (χ0n) is 10.2. The third-order valence-electron chi connectivity index (χ3n) is 3.53. The fraction of sp³-hybridized carbons (Fsp3) is 0.500. The van der Waals surface area contributed by atoms with Crippen LogP contribution in [0.4, 0.5) is 0 Å². The Morgan fingerprint density at radius 1 is 1.47 bits per heavy atom. The lowest BCUT2D eigenvalue weighted by Crippen LogP contribution is -2.32. The van der Waals surface area contributed by atoms with Crippen molar-refractivity contribution in [2.75, 3.05) is 19.7 Å². The van der Waals surface area contributed by atoms with Crippen molar-refractivity contribution in [1.82, 2.24) is 4.90 Å². The second kappa shape index (κ2) is 5.32. The zero-order chi connectivity index (χ0) is 12.3. The van der Waals surface area contributed by atoms with Gasteiger partial charge in [0.15, 0.2) is 0 Å². The second-order valence-electron chi connectivity index (χ2n) is 4.75. The molecule has 0 spiro atoms. The van der Waals surface area contributed by atoms with Crippen molar-refractivity contribution < 1.29 is 9.90 Å². The number of benzene rings is 1. The first kappa shape index (κ1) is 12.1. The van der Waals surface area contributed by atoms with Gasteiger partial charge in [-0.25, -0.2) is 0 Å². The van der Waals surface area contributed by atoms with Crippen LogP contribution in [-0.4, -0.2) is 35.6 Å². The Morgan fingerprint density at radius 2 is 2.18 bits per heavy atom. The van der Waals surface area contributed by atoms with Crippen LogP contribution in [0.15, 0.2) is 30.3 Å². The third-order valence-corrected chi connectivity index (χ3v) is 3.53. The Labute approximate surface area is 102 Å². The third kappa shape index (κ3) is 2.67. The lowest BCUT2D eigenvalue weighted by atomic mass is 10.00. The molecule has 1 saturated heterocycles. The summed E-state index contributed by atoms with van der Waals surface area (Å²) >= 11 is 0. The maximum Gasteiger partial charge on any atom is 0.229 e. The minimum Gasteiger partial charge on any atom is -0.396 e. The van der Waals surface area contributed by atoms with E-state index in [2.05, 4.69) is 0 Å². The first-order valence-electron chi connectivity index (χ1n) is 6.17. The normalized spacial score (nSPS) is 21.5. The first-order chi connectivity index (χ1) is 8.22. The van der Waals surface area contributed by atoms with E-state index in [9.17, 15) is 4.79 Å². The average Bonchev–Trinajstić information content (AvgIpc) is 2.87. The summed E-state index contributed by atoms with van der Waals surface area (Å²) in [6.45, 7) is 3.61. The molecule has 1 aromatic carbocycles. The van der Waals surface area contributed by atoms with E-state index in [-0.39, 0.29) is 24.3 Å². The Balaban J connectivity index is 2.01. The van der Waals surface area contributed by atoms with Gasteiger partial charge in [-0.1, -0.05) is 30.3 Å². The number of carbonyl (C=O) groups excluding carboxylic acids is 1. The summed E-state index contributed by atoms with van der Waals surface area (Å²) in [7, 11) is 0. The Kier molecular flexibility index (Phi) is 3.79. The predicted octanol–water partition coefficient (Wildman–Crippen LogP) is 1.63. The zero-order valence-corrected chi connectivity index (χ0v) is 10.2. The summed E-state index contributed by atoms with van der Waals surface area (Å²) in [5.41, 5.74) is 1.06. The SMILES string of the molecule is C[C@@H](C(=O)N1CC[C@H](CO)C1)c1ccccc1. The van der Waals surface area contributed by atoms with E-state index in [1.165, 1.54) is 0 Å². The molecule has 0 radical (unpaired) electrons. The van der Waals surface area contributed by atoms with Crippen molar-refractivity contribution in [2.24, 2.45) is 5.92 Å². The molecule has 3 heteroatoms. The van der Waals surface area contributed by atoms with Crippen LogP contribution in [0.2, 0.25) is 0 Å². The molecule has 1 aliphatic heterocycles. The summed E-state index contributed by atoms with van der Waals surface area (Å²) in [5, 5.41) is 9.08. The number of likely N-dealkylation sites (tertiary alicyclic amines) is 1. The van der Waals surface area contributed by atoms with E-state index < -0.39 is 0 Å². The van der Waals surface area contributed by atoms with E-state index in [1.54, 1.807) is 0 Å². The molecule has 17 heavy (non-hydrogen) atoms. The highest BCUT2D eigenvalue weighted by molar-refractivity contribution is 5.83. The molecule has 1 N–H and O–H groups in total. The average molecular weight is 233 g/mol. The topological polar surface area (TPSA) is 40.5 Å². The highest BCUT2D eigenvalue weighted by atomic mass is 16.3. The summed E-state index contributed by atoms with van der Waals surface area (Å²) in [4.78, 5) is 14.1. The second-order valence-corrected chi connectivity index (χ2v) is 4.75. The Bertz CT molecular complexity index is 377. The van der Waals surface area contributed by atoms with Crippen LogP contribution in [0.25, 0.3) is 0 Å². The number of rotatable bonds is 3. The van der Waals surface area contributed by atoms with Gasteiger partial charge in [-0.3, -0.25) is 4.79 Å². The lowest BCUT2D eigenvalue weighted by Gasteiger charge is -2.21. The van der Waals surface area contributed by atoms with E-state index in [0.717, 1.165) is 18.5 Å². The number of aliphatic hydroxyl groups is 1. The van der Waals surface area contributed by atoms with Crippen LogP contribution in [-0.2, 0) is 4.79 Å². The van der Waals surface area contributed by atoms with Gasteiger partial charge in [-0.05, 0) is 18.9 Å². The predicted molar refractivity (Wildman–Crippen MR) is 66.6 cm³/mol. The Morgan fingerprint density at radius 3 is 2.76 bits per heavy atom. The van der Waals surface area contributed by atoms with Gasteiger partial charge in [0.05, 0.1) is 5.92 Å². The molecule has 1 aromatic rings. The van der Waals surface area contributed by atoms with Crippen LogP contribution in [0.3, 0.4) is 0 Å². The highest BCUT2D eigenvalue weighted by Gasteiger charge is 2.28. The molecule has 0 bridgehead atoms. The standard InChI is InChI=1S/C14H19NO2/c1-11(13-5-3-2-4-6-13)14(17)15-8-7-12(9-15)10-16/h2-6,11-12,16H,7-10H2,1H3/t11-,12+/m1/s1. The van der Waals surface area contributed by atoms with Crippen molar-refractivity contribution >= 4 is 5.91 Å². The molecule has 3 nitrogen and oxygen atoms in total. The summed E-state index contributed by atoms with van der Waals surface area (Å²) < 4.78 is 0. The smallest absolute Gasteiger partial charge is 0.229 e. The molecule has 2 atom stereocenters. The van der Waals surface area contributed by atoms with Crippen molar-refractivity contribution in [1.29, 1.82) is 0 Å². The van der Waals surface area contributed by atoms with Crippen LogP contribution in [0, 0.1) is 5.92 Å². The van der Waals surface area contributed by atoms with Gasteiger partial charge in [-0.2, -0.15) is 0 Å². The first-order valence-corrected chi connectivity index (χ1v) is 6.17. The number of amides is 1. The molecule has 0 aliphatic carbocycles. The van der Waals surface area contributed by atoms with Crippen molar-refractivity contribution in [3.63, 3.8) is 0 Å². The van der Waals surface area contributed by atoms with Crippen molar-refractivity contribution in [2.45, 2.75) is 19.3 Å². The maximum atomic E-state index is 12.3. The molecule has 1 fully saturated rings. The Hall–Kier alpha value is -1.35. The lowest BCUT2D eigenvalue weighted by molar-refractivity contribution is -0.131. The monoisotopic (exact) mass is 233 g/mol. The molecular weight excluding hydrogens is 214 g/mol. The number of hydrogen-bond acceptors (Lipinski definition) is 2. The van der Waals surface area contributed by atoms with Crippen LogP contribution in [0.5, 0.6) is 0 Å². The van der Waals surface area contributed by atoms with Gasteiger partial charge in [0.25, 0.3) is 0 Å². The molecule has 0 unspecified atom stereocenters. The van der Waals surface area contributed by atoms with Crippen LogP contribution < -0.4 is 0 Å². The molecule has 1 amide bonds. The molecule has 0 saturated carbocycles. The fourth-order valence-corrected chi connectivity index (χ4v) is 2.34. The van der Waals surface area contributed by atoms with Gasteiger partial charge < -0.3 is 10.0 Å². The van der Waals surface area contributed by atoms with Gasteiger partial charge in [0.1, 0.15) is 0 Å². The van der Waals surface area contributed by atoms with E-state index in [4.69, 9.17) is 5.11 Å². The molecule has 1 heterocycles. The minimum atomic E-state index is -0.0892. The van der Waals surface area contributed by atoms with Gasteiger partial charge >= 0.3 is 0 Å². The quantitative estimate of drug-likeness (QED) is 0.862. The summed E-state index contributed by atoms with van der Waals surface area (Å²) in [5.74, 6) is 0.350. The summed E-state index contributed by atoms with van der Waals surface area (Å²) in [6.07, 6.45) is 0.920. The molecule has 1 aliphatic rings. The molecule has 2 rings (SSSR count). The van der Waals surface area contributed by atoms with E-state index in [0.29, 0.717) is 6.54 Å². The number of nitrogens with zero attached hydrogens (tertiary/aromatic N) is 1. The highest BCUT2D eigenvalue weighted by Crippen LogP contribution is 2.22. The maximum absolute atomic E-state index is 12.3. The number of aliphatic hydroxyl groups excluding tert-OH is 1. The number of hydrogen-bond donors (Lipinski definition) is 1. The number of carbonyl (C=O) groups is 1. The van der Waals surface area contributed by atoms with E-state index in [1.807, 2.05) is 42.2 Å². The van der Waals surface area contributed by atoms with Crippen molar-refractivity contribution in [3.05, 3.63) is 35.9 Å².